The van der Waals surface area contributed by atoms with Crippen LogP contribution in [0.15, 0.2) is 71.6 Å². The highest BCUT2D eigenvalue weighted by Crippen LogP contribution is 2.31. The smallest absolute Gasteiger partial charge is 0.340 e. The molecule has 0 heterocycles. The summed E-state index contributed by atoms with van der Waals surface area (Å²) in [6.07, 6.45) is 1.47. The molecule has 0 aliphatic heterocycles. The molecule has 42 heavy (non-hydrogen) atoms. The van der Waals surface area contributed by atoms with Crippen molar-refractivity contribution in [3.63, 3.8) is 0 Å². The number of anilines is 1. The Morgan fingerprint density at radius 3 is 2.29 bits per heavy atom. The van der Waals surface area contributed by atoms with E-state index in [1.807, 2.05) is 45.6 Å². The number of benzene rings is 3. The van der Waals surface area contributed by atoms with Crippen molar-refractivity contribution in [1.29, 1.82) is 0 Å². The van der Waals surface area contributed by atoms with Crippen LogP contribution in [0.2, 0.25) is 0 Å². The maximum Gasteiger partial charge on any atom is 0.340 e. The summed E-state index contributed by atoms with van der Waals surface area (Å²) in [6.45, 7) is 11.1. The molecule has 0 aromatic heterocycles. The zero-order valence-electron chi connectivity index (χ0n) is 24.8. The van der Waals surface area contributed by atoms with Crippen LogP contribution in [0.1, 0.15) is 73.7 Å². The van der Waals surface area contributed by atoms with Crippen LogP contribution < -0.4 is 9.08 Å². The van der Waals surface area contributed by atoms with E-state index in [1.165, 1.54) is 47.4 Å². The Morgan fingerprint density at radius 1 is 0.929 bits per heavy atom. The summed E-state index contributed by atoms with van der Waals surface area (Å²) in [6, 6.07) is 16.0. The summed E-state index contributed by atoms with van der Waals surface area (Å²) in [5, 5.41) is 0. The van der Waals surface area contributed by atoms with Gasteiger partial charge in [-0.05, 0) is 70.5 Å². The van der Waals surface area contributed by atoms with E-state index in [0.29, 0.717) is 25.1 Å². The second-order valence-corrected chi connectivity index (χ2v) is 11.5. The van der Waals surface area contributed by atoms with Gasteiger partial charge in [-0.15, -0.1) is 0 Å². The summed E-state index contributed by atoms with van der Waals surface area (Å²) in [5.41, 5.74) is 1.21. The lowest BCUT2D eigenvalue weighted by Gasteiger charge is -2.29. The molecule has 0 N–H and O–H groups in total. The molecule has 3 rings (SSSR count). The maximum atomic E-state index is 13.9. The van der Waals surface area contributed by atoms with Crippen molar-refractivity contribution in [2.45, 2.75) is 64.9 Å². The Hall–Kier alpha value is -3.92. The van der Waals surface area contributed by atoms with Crippen LogP contribution in [-0.2, 0) is 21.4 Å². The number of carbonyl (C=O) groups is 2. The number of rotatable bonds is 14. The first-order chi connectivity index (χ1) is 20.0. The molecule has 0 radical (unpaired) electrons. The Labute approximate surface area is 248 Å². The topological polar surface area (TPSA) is 93.2 Å². The van der Waals surface area contributed by atoms with Gasteiger partial charge in [-0.3, -0.25) is 4.79 Å². The van der Waals surface area contributed by atoms with Gasteiger partial charge in [-0.25, -0.2) is 9.18 Å². The fourth-order valence-electron chi connectivity index (χ4n) is 4.40. The standard InChI is InChI=1S/C32H39FN2O6S/c1-6-9-19-40-32(37)28-15-10-11-16-30(28)42(38,39)41-29-21-27(34(7-2)8-3)18-17-25(29)22-35(23(4)5)31(36)24-13-12-14-26(33)20-24/h10-18,20-21,23H,6-9,19,22H2,1-5H3. The molecular formula is C32H39FN2O6S. The summed E-state index contributed by atoms with van der Waals surface area (Å²) < 4.78 is 52.3. The highest BCUT2D eigenvalue weighted by atomic mass is 32.2. The molecule has 1 amide bonds. The minimum absolute atomic E-state index is 0.00287. The largest absolute Gasteiger partial charge is 0.462 e. The fraction of sp³-hybridized carbons (Fsp3) is 0.375. The van der Waals surface area contributed by atoms with E-state index in [0.717, 1.165) is 12.1 Å². The molecule has 0 atom stereocenters. The predicted octanol–water partition coefficient (Wildman–Crippen LogP) is 6.45. The first-order valence-electron chi connectivity index (χ1n) is 14.2. The third-order valence-corrected chi connectivity index (χ3v) is 8.08. The number of carbonyl (C=O) groups excluding carboxylic acids is 2. The van der Waals surface area contributed by atoms with E-state index < -0.39 is 27.8 Å². The lowest BCUT2D eigenvalue weighted by molar-refractivity contribution is 0.0494. The molecule has 0 spiro atoms. The molecule has 226 valence electrons. The molecular weight excluding hydrogens is 559 g/mol. The average Bonchev–Trinajstić information content (AvgIpc) is 2.96. The van der Waals surface area contributed by atoms with Gasteiger partial charge in [0.1, 0.15) is 16.5 Å². The van der Waals surface area contributed by atoms with E-state index >= 15 is 0 Å². The first-order valence-corrected chi connectivity index (χ1v) is 15.6. The minimum atomic E-state index is -4.50. The van der Waals surface area contributed by atoms with Gasteiger partial charge in [-0.1, -0.05) is 37.6 Å². The number of hydrogen-bond acceptors (Lipinski definition) is 7. The van der Waals surface area contributed by atoms with Crippen molar-refractivity contribution in [1.82, 2.24) is 4.90 Å². The summed E-state index contributed by atoms with van der Waals surface area (Å²) in [4.78, 5) is 29.4. The van der Waals surface area contributed by atoms with Gasteiger partial charge in [0.15, 0.2) is 0 Å². The summed E-state index contributed by atoms with van der Waals surface area (Å²) >= 11 is 0. The minimum Gasteiger partial charge on any atom is -0.462 e. The molecule has 0 unspecified atom stereocenters. The number of ether oxygens (including phenoxy) is 1. The van der Waals surface area contributed by atoms with Crippen LogP contribution in [0.25, 0.3) is 0 Å². The quantitative estimate of drug-likeness (QED) is 0.120. The summed E-state index contributed by atoms with van der Waals surface area (Å²) in [5.74, 6) is -1.68. The van der Waals surface area contributed by atoms with E-state index in [9.17, 15) is 22.4 Å². The Bertz CT molecular complexity index is 1490. The zero-order chi connectivity index (χ0) is 30.9. The van der Waals surface area contributed by atoms with E-state index in [4.69, 9.17) is 8.92 Å². The van der Waals surface area contributed by atoms with Gasteiger partial charge >= 0.3 is 16.1 Å². The molecule has 0 fully saturated rings. The van der Waals surface area contributed by atoms with Gasteiger partial charge in [0.2, 0.25) is 0 Å². The fourth-order valence-corrected chi connectivity index (χ4v) is 5.55. The Morgan fingerprint density at radius 2 is 1.64 bits per heavy atom. The highest BCUT2D eigenvalue weighted by molar-refractivity contribution is 7.87. The second-order valence-electron chi connectivity index (χ2n) is 10.0. The van der Waals surface area contributed by atoms with Crippen molar-refractivity contribution in [2.75, 3.05) is 24.6 Å². The van der Waals surface area contributed by atoms with Crippen LogP contribution >= 0.6 is 0 Å². The third-order valence-electron chi connectivity index (χ3n) is 6.78. The van der Waals surface area contributed by atoms with Crippen LogP contribution in [0.4, 0.5) is 10.1 Å². The predicted molar refractivity (Wildman–Crippen MR) is 161 cm³/mol. The van der Waals surface area contributed by atoms with Crippen molar-refractivity contribution < 1.29 is 31.3 Å². The molecule has 0 aliphatic carbocycles. The monoisotopic (exact) mass is 598 g/mol. The second kappa shape index (κ2) is 14.8. The number of halogens is 1. The number of unbranched alkanes of at least 4 members (excludes halogenated alkanes) is 1. The number of hydrogen-bond donors (Lipinski definition) is 0. The van der Waals surface area contributed by atoms with Gasteiger partial charge in [0.25, 0.3) is 5.91 Å². The highest BCUT2D eigenvalue weighted by Gasteiger charge is 2.28. The molecule has 3 aromatic carbocycles. The van der Waals surface area contributed by atoms with Crippen LogP contribution in [-0.4, -0.2) is 50.9 Å². The number of esters is 1. The van der Waals surface area contributed by atoms with Crippen LogP contribution in [0, 0.1) is 5.82 Å². The molecule has 3 aromatic rings. The van der Waals surface area contributed by atoms with E-state index in [2.05, 4.69) is 0 Å². The van der Waals surface area contributed by atoms with Gasteiger partial charge in [-0.2, -0.15) is 8.42 Å². The third kappa shape index (κ3) is 8.09. The number of amides is 1. The van der Waals surface area contributed by atoms with Crippen LogP contribution in [0.3, 0.4) is 0 Å². The van der Waals surface area contributed by atoms with Gasteiger partial charge < -0.3 is 18.7 Å². The SMILES string of the molecule is CCCCOC(=O)c1ccccc1S(=O)(=O)Oc1cc(N(CC)CC)ccc1CN(C(=O)c1cccc(F)c1)C(C)C. The first kappa shape index (κ1) is 32.6. The van der Waals surface area contributed by atoms with Crippen LogP contribution in [0.5, 0.6) is 5.75 Å². The van der Waals surface area contributed by atoms with Crippen molar-refractivity contribution in [2.24, 2.45) is 0 Å². The Kier molecular flexibility index (Phi) is 11.5. The maximum absolute atomic E-state index is 13.9. The van der Waals surface area contributed by atoms with Crippen molar-refractivity contribution >= 4 is 27.7 Å². The molecule has 0 aliphatic rings. The molecule has 0 saturated carbocycles. The average molecular weight is 599 g/mol. The van der Waals surface area contributed by atoms with Crippen molar-refractivity contribution in [3.05, 3.63) is 89.2 Å². The zero-order valence-corrected chi connectivity index (χ0v) is 25.6. The van der Waals surface area contributed by atoms with Gasteiger partial charge in [0, 0.05) is 48.6 Å². The van der Waals surface area contributed by atoms with E-state index in [1.54, 1.807) is 18.2 Å². The number of nitrogens with zero attached hydrogens (tertiary/aromatic N) is 2. The van der Waals surface area contributed by atoms with Crippen molar-refractivity contribution in [3.8, 4) is 5.75 Å². The Balaban J connectivity index is 2.05. The lowest BCUT2D eigenvalue weighted by atomic mass is 10.1. The molecule has 0 saturated heterocycles. The van der Waals surface area contributed by atoms with Gasteiger partial charge in [0.05, 0.1) is 12.2 Å². The van der Waals surface area contributed by atoms with E-state index in [-0.39, 0.29) is 41.0 Å². The molecule has 10 heteroatoms. The lowest BCUT2D eigenvalue weighted by Crippen LogP contribution is -2.36. The molecule has 8 nitrogen and oxygen atoms in total. The normalized spacial score (nSPS) is 11.3. The molecule has 0 bridgehead atoms. The summed E-state index contributed by atoms with van der Waals surface area (Å²) in [7, 11) is -4.50.